The summed E-state index contributed by atoms with van der Waals surface area (Å²) in [5.41, 5.74) is 2.04. The number of aryl methyl sites for hydroxylation is 1. The van der Waals surface area contributed by atoms with Gasteiger partial charge >= 0.3 is 5.69 Å². The quantitative estimate of drug-likeness (QED) is 0.726. The van der Waals surface area contributed by atoms with Crippen molar-refractivity contribution >= 4 is 17.0 Å². The van der Waals surface area contributed by atoms with Crippen LogP contribution in [0.25, 0.3) is 5.65 Å². The summed E-state index contributed by atoms with van der Waals surface area (Å²) in [7, 11) is 0. The lowest BCUT2D eigenvalue weighted by atomic mass is 9.92. The van der Waals surface area contributed by atoms with Gasteiger partial charge < -0.3 is 0 Å². The van der Waals surface area contributed by atoms with E-state index in [0.29, 0.717) is 12.2 Å². The molecular weight excluding hydrogens is 286 g/mol. The van der Waals surface area contributed by atoms with Crippen molar-refractivity contribution in [3.63, 3.8) is 0 Å². The van der Waals surface area contributed by atoms with Gasteiger partial charge in [-0.2, -0.15) is 9.61 Å². The molecule has 3 heterocycles. The van der Waals surface area contributed by atoms with Crippen LogP contribution in [0.4, 0.5) is 0 Å². The lowest BCUT2D eigenvalue weighted by molar-refractivity contribution is 0.549. The molecule has 0 atom stereocenters. The number of fused-ring (bicyclic) bond motifs is 1. The molecule has 3 rings (SSSR count). The van der Waals surface area contributed by atoms with Crippen molar-refractivity contribution < 1.29 is 0 Å². The third kappa shape index (κ3) is 2.61. The fraction of sp³-hybridized carbons (Fsp3) is 0.429. The first-order valence-electron chi connectivity index (χ1n) is 6.73. The Kier molecular flexibility index (Phi) is 3.16. The summed E-state index contributed by atoms with van der Waals surface area (Å²) in [4.78, 5) is 16.8. The molecule has 6 nitrogen and oxygen atoms in total. The van der Waals surface area contributed by atoms with Crippen molar-refractivity contribution in [1.29, 1.82) is 0 Å². The maximum atomic E-state index is 12.4. The van der Waals surface area contributed by atoms with Crippen LogP contribution in [0.3, 0.4) is 0 Å². The predicted octanol–water partition coefficient (Wildman–Crippen LogP) is 2.00. The highest BCUT2D eigenvalue weighted by Gasteiger charge is 2.18. The molecule has 0 aliphatic rings. The molecule has 110 valence electrons. The molecule has 0 saturated carbocycles. The summed E-state index contributed by atoms with van der Waals surface area (Å²) in [6.45, 7) is 8.51. The summed E-state index contributed by atoms with van der Waals surface area (Å²) in [6.07, 6.45) is 0. The van der Waals surface area contributed by atoms with E-state index in [9.17, 15) is 4.79 Å². The van der Waals surface area contributed by atoms with Crippen LogP contribution in [-0.4, -0.2) is 24.4 Å². The van der Waals surface area contributed by atoms with E-state index >= 15 is 0 Å². The molecule has 3 aromatic heterocycles. The van der Waals surface area contributed by atoms with E-state index in [-0.39, 0.29) is 11.1 Å². The van der Waals surface area contributed by atoms with Gasteiger partial charge in [0.1, 0.15) is 5.01 Å². The molecule has 0 aliphatic carbocycles. The Morgan fingerprint density at radius 3 is 2.62 bits per heavy atom. The first kappa shape index (κ1) is 13.9. The first-order valence-corrected chi connectivity index (χ1v) is 7.61. The second kappa shape index (κ2) is 4.77. The van der Waals surface area contributed by atoms with Gasteiger partial charge in [-0.25, -0.2) is 14.5 Å². The topological polar surface area (TPSA) is 65.1 Å². The minimum absolute atomic E-state index is 0.109. The van der Waals surface area contributed by atoms with Gasteiger partial charge in [-0.3, -0.25) is 0 Å². The van der Waals surface area contributed by atoms with Crippen LogP contribution < -0.4 is 5.69 Å². The van der Waals surface area contributed by atoms with Gasteiger partial charge in [0.2, 0.25) is 0 Å². The Balaban J connectivity index is 2.05. The maximum absolute atomic E-state index is 12.4. The van der Waals surface area contributed by atoms with Crippen molar-refractivity contribution in [2.24, 2.45) is 0 Å². The number of nitrogens with zero attached hydrogens (tertiary/aromatic N) is 5. The number of aromatic nitrogens is 5. The molecule has 0 bridgehead atoms. The van der Waals surface area contributed by atoms with Gasteiger partial charge in [0, 0.05) is 16.5 Å². The Labute approximate surface area is 126 Å². The van der Waals surface area contributed by atoms with Gasteiger partial charge in [0.15, 0.2) is 5.65 Å². The zero-order chi connectivity index (χ0) is 15.2. The van der Waals surface area contributed by atoms with Gasteiger partial charge in [-0.1, -0.05) is 20.8 Å². The summed E-state index contributed by atoms with van der Waals surface area (Å²) < 4.78 is 2.77. The van der Waals surface area contributed by atoms with Crippen LogP contribution in [0, 0.1) is 6.92 Å². The minimum Gasteiger partial charge on any atom is -0.245 e. The Morgan fingerprint density at radius 2 is 2.00 bits per heavy atom. The van der Waals surface area contributed by atoms with E-state index in [1.54, 1.807) is 0 Å². The fourth-order valence-electron chi connectivity index (χ4n) is 2.02. The lowest BCUT2D eigenvalue weighted by Gasteiger charge is -2.16. The zero-order valence-corrected chi connectivity index (χ0v) is 13.3. The van der Waals surface area contributed by atoms with Gasteiger partial charge in [-0.15, -0.1) is 16.4 Å². The van der Waals surface area contributed by atoms with E-state index in [2.05, 4.69) is 36.0 Å². The molecule has 0 unspecified atom stereocenters. The molecule has 0 radical (unpaired) electrons. The molecule has 0 aromatic carbocycles. The zero-order valence-electron chi connectivity index (χ0n) is 12.5. The largest absolute Gasteiger partial charge is 0.367 e. The summed E-state index contributed by atoms with van der Waals surface area (Å²) in [5.74, 6) is 0. The predicted molar refractivity (Wildman–Crippen MR) is 81.9 cm³/mol. The summed E-state index contributed by atoms with van der Waals surface area (Å²) in [6, 6.07) is 3.75. The first-order chi connectivity index (χ1) is 9.84. The second-order valence-corrected chi connectivity index (χ2v) is 7.00. The molecule has 3 aromatic rings. The van der Waals surface area contributed by atoms with E-state index in [0.717, 1.165) is 16.4 Å². The normalized spacial score (nSPS) is 12.2. The molecule has 0 amide bonds. The molecule has 7 heteroatoms. The smallest absolute Gasteiger partial charge is 0.245 e. The average Bonchev–Trinajstić information content (AvgIpc) is 2.94. The number of thiazole rings is 1. The maximum Gasteiger partial charge on any atom is 0.367 e. The average molecular weight is 303 g/mol. The second-order valence-electron chi connectivity index (χ2n) is 6.06. The molecule has 0 aliphatic heterocycles. The van der Waals surface area contributed by atoms with Crippen LogP contribution >= 0.6 is 11.3 Å². The van der Waals surface area contributed by atoms with E-state index in [1.807, 2.05) is 24.4 Å². The standard InChI is InChI=1S/C14H17N5OS/c1-9-8-21-12(15-9)7-18-13(20)19-11(17-18)6-5-10(16-19)14(2,3)4/h5-6,8H,7H2,1-4H3. The van der Waals surface area contributed by atoms with Crippen molar-refractivity contribution in [3.05, 3.63) is 44.4 Å². The highest BCUT2D eigenvalue weighted by molar-refractivity contribution is 7.09. The van der Waals surface area contributed by atoms with Crippen molar-refractivity contribution in [1.82, 2.24) is 24.4 Å². The third-order valence-corrected chi connectivity index (χ3v) is 4.11. The SMILES string of the molecule is Cc1csc(Cn2nc3ccc(C(C)(C)C)nn3c2=O)n1. The number of hydrogen-bond donors (Lipinski definition) is 0. The van der Waals surface area contributed by atoms with Crippen LogP contribution in [-0.2, 0) is 12.0 Å². The molecule has 0 saturated heterocycles. The number of hydrogen-bond acceptors (Lipinski definition) is 5. The van der Waals surface area contributed by atoms with Crippen LogP contribution in [0.2, 0.25) is 0 Å². The molecule has 21 heavy (non-hydrogen) atoms. The monoisotopic (exact) mass is 303 g/mol. The van der Waals surface area contributed by atoms with Gasteiger partial charge in [0.25, 0.3) is 0 Å². The van der Waals surface area contributed by atoms with Crippen LogP contribution in [0.1, 0.15) is 37.2 Å². The molecule has 0 spiro atoms. The molecular formula is C14H17N5OS. The van der Waals surface area contributed by atoms with Crippen LogP contribution in [0.15, 0.2) is 22.3 Å². The molecule has 0 fully saturated rings. The highest BCUT2D eigenvalue weighted by atomic mass is 32.1. The third-order valence-electron chi connectivity index (χ3n) is 3.16. The fourth-order valence-corrected chi connectivity index (χ4v) is 2.77. The number of rotatable bonds is 2. The lowest BCUT2D eigenvalue weighted by Crippen LogP contribution is -2.25. The van der Waals surface area contributed by atoms with Crippen LogP contribution in [0.5, 0.6) is 0 Å². The Bertz CT molecular complexity index is 852. The van der Waals surface area contributed by atoms with Gasteiger partial charge in [0.05, 0.1) is 12.2 Å². The van der Waals surface area contributed by atoms with E-state index in [1.165, 1.54) is 20.5 Å². The van der Waals surface area contributed by atoms with E-state index in [4.69, 9.17) is 0 Å². The van der Waals surface area contributed by atoms with Gasteiger partial charge in [-0.05, 0) is 19.1 Å². The summed E-state index contributed by atoms with van der Waals surface area (Å²) in [5, 5.41) is 11.6. The Hall–Kier alpha value is -2.02. The highest BCUT2D eigenvalue weighted by Crippen LogP contribution is 2.19. The molecule has 0 N–H and O–H groups in total. The summed E-state index contributed by atoms with van der Waals surface area (Å²) >= 11 is 1.53. The van der Waals surface area contributed by atoms with Crippen molar-refractivity contribution in [2.45, 2.75) is 39.7 Å². The van der Waals surface area contributed by atoms with E-state index < -0.39 is 0 Å². The Morgan fingerprint density at radius 1 is 1.24 bits per heavy atom. The van der Waals surface area contributed by atoms with Crippen molar-refractivity contribution in [3.8, 4) is 0 Å². The van der Waals surface area contributed by atoms with Crippen molar-refractivity contribution in [2.75, 3.05) is 0 Å². The minimum atomic E-state index is -0.232.